The summed E-state index contributed by atoms with van der Waals surface area (Å²) in [5, 5.41) is 10.2. The number of hydrogen-bond acceptors (Lipinski definition) is 2. The fraction of sp³-hybridized carbons (Fsp3) is 0.250. The molecule has 0 bridgehead atoms. The van der Waals surface area contributed by atoms with Gasteiger partial charge in [0.05, 0.1) is 13.2 Å². The van der Waals surface area contributed by atoms with Gasteiger partial charge in [0.2, 0.25) is 0 Å². The summed E-state index contributed by atoms with van der Waals surface area (Å²) in [7, 11) is 0. The molecule has 0 saturated carbocycles. The van der Waals surface area contributed by atoms with Gasteiger partial charge in [0, 0.05) is 28.2 Å². The van der Waals surface area contributed by atoms with Crippen LogP contribution < -0.4 is 5.73 Å². The molecule has 1 heterocycles. The minimum atomic E-state index is -2.18. The average molecular weight is 392 g/mol. The van der Waals surface area contributed by atoms with Gasteiger partial charge in [-0.15, -0.1) is 0 Å². The van der Waals surface area contributed by atoms with E-state index in [9.17, 15) is 18.3 Å². The molecule has 7 heteroatoms. The molecule has 0 aliphatic carbocycles. The Kier molecular flexibility index (Phi) is 5.82. The van der Waals surface area contributed by atoms with Gasteiger partial charge >= 0.3 is 0 Å². The van der Waals surface area contributed by atoms with Crippen LogP contribution in [0.15, 0.2) is 48.7 Å². The molecule has 0 spiro atoms. The Bertz CT molecular complexity index is 973. The number of nitrogens with zero attached hydrogens (tertiary/aromatic N) is 1. The number of aliphatic hydroxyl groups is 1. The van der Waals surface area contributed by atoms with Crippen LogP contribution in [0.2, 0.25) is 0 Å². The first kappa shape index (κ1) is 19.4. The number of aromatic nitrogens is 1. The average Bonchev–Trinajstić information content (AvgIpc) is 3.04. The predicted octanol–water partition coefficient (Wildman–Crippen LogP) is 4.08. The minimum Gasteiger partial charge on any atom is -0.392 e. The third-order valence-corrected chi connectivity index (χ3v) is 4.73. The highest BCUT2D eigenvalue weighted by molar-refractivity contribution is 7.80. The second-order valence-electron chi connectivity index (χ2n) is 6.34. The van der Waals surface area contributed by atoms with E-state index in [0.717, 1.165) is 16.5 Å². The van der Waals surface area contributed by atoms with E-state index in [0.29, 0.717) is 16.6 Å². The van der Waals surface area contributed by atoms with Crippen LogP contribution >= 0.6 is 12.2 Å². The molecular formula is C20H19F3N2OS. The lowest BCUT2D eigenvalue weighted by Gasteiger charge is -2.12. The van der Waals surface area contributed by atoms with E-state index in [2.05, 4.69) is 0 Å². The summed E-state index contributed by atoms with van der Waals surface area (Å²) in [5.41, 5.74) is 9.27. The van der Waals surface area contributed by atoms with Crippen molar-refractivity contribution in [1.82, 2.24) is 4.57 Å². The van der Waals surface area contributed by atoms with Gasteiger partial charge in [0.25, 0.3) is 0 Å². The van der Waals surface area contributed by atoms with Crippen molar-refractivity contribution in [2.24, 2.45) is 5.73 Å². The summed E-state index contributed by atoms with van der Waals surface area (Å²) in [6, 6.07) is 12.6. The zero-order valence-corrected chi connectivity index (χ0v) is 15.2. The molecule has 2 aromatic carbocycles. The van der Waals surface area contributed by atoms with Crippen LogP contribution in [-0.4, -0.2) is 33.7 Å². The molecule has 3 aromatic rings. The van der Waals surface area contributed by atoms with Crippen molar-refractivity contribution in [1.29, 1.82) is 0 Å². The van der Waals surface area contributed by atoms with Gasteiger partial charge in [-0.25, -0.2) is 13.2 Å². The van der Waals surface area contributed by atoms with Crippen molar-refractivity contribution in [3.8, 4) is 11.1 Å². The Hall–Kier alpha value is -2.38. The van der Waals surface area contributed by atoms with Gasteiger partial charge < -0.3 is 15.4 Å². The Morgan fingerprint density at radius 1 is 1.15 bits per heavy atom. The molecule has 3 N–H and O–H groups in total. The largest absolute Gasteiger partial charge is 0.392 e. The van der Waals surface area contributed by atoms with E-state index in [-0.39, 0.29) is 18.1 Å². The van der Waals surface area contributed by atoms with Crippen molar-refractivity contribution in [3.05, 3.63) is 59.8 Å². The van der Waals surface area contributed by atoms with Crippen LogP contribution in [0.4, 0.5) is 13.2 Å². The number of halogens is 3. The van der Waals surface area contributed by atoms with E-state index in [4.69, 9.17) is 18.0 Å². The predicted molar refractivity (Wildman–Crippen MR) is 105 cm³/mol. The van der Waals surface area contributed by atoms with Gasteiger partial charge in [-0.3, -0.25) is 0 Å². The first-order valence-electron chi connectivity index (χ1n) is 8.41. The Balaban J connectivity index is 2.13. The number of rotatable bonds is 7. The summed E-state index contributed by atoms with van der Waals surface area (Å²) in [6.45, 7) is -1.88. The summed E-state index contributed by atoms with van der Waals surface area (Å²) in [6.07, 6.45) is -2.45. The Morgan fingerprint density at radius 2 is 1.93 bits per heavy atom. The van der Waals surface area contributed by atoms with Gasteiger partial charge in [-0.05, 0) is 23.3 Å². The molecule has 0 aliphatic rings. The molecule has 2 atom stereocenters. The van der Waals surface area contributed by atoms with Crippen LogP contribution in [0, 0.1) is 0 Å². The van der Waals surface area contributed by atoms with E-state index in [1.54, 1.807) is 29.0 Å². The number of alkyl halides is 3. The maximum absolute atomic E-state index is 14.1. The standard InChI is InChI=1S/C20H19F3N2OS/c21-8-17(22)18(23)10-25-9-16(13-2-1-3-14(7-13)20(24)27)15-5-4-12(11-26)6-19(15)25/h1-7,9,17-18,26H,8,10-11H2,(H2,24,27). The lowest BCUT2D eigenvalue weighted by Crippen LogP contribution is -2.24. The van der Waals surface area contributed by atoms with Crippen molar-refractivity contribution >= 4 is 28.1 Å². The summed E-state index contributed by atoms with van der Waals surface area (Å²) in [5.74, 6) is 0. The van der Waals surface area contributed by atoms with Gasteiger partial charge in [0.1, 0.15) is 11.7 Å². The van der Waals surface area contributed by atoms with Crippen molar-refractivity contribution in [3.63, 3.8) is 0 Å². The summed E-state index contributed by atoms with van der Waals surface area (Å²) >= 11 is 5.02. The topological polar surface area (TPSA) is 51.2 Å². The maximum atomic E-state index is 14.1. The third kappa shape index (κ3) is 3.99. The van der Waals surface area contributed by atoms with Gasteiger partial charge in [0.15, 0.2) is 12.3 Å². The number of thiocarbonyl (C=S) groups is 1. The zero-order chi connectivity index (χ0) is 19.6. The van der Waals surface area contributed by atoms with E-state index in [1.165, 1.54) is 0 Å². The van der Waals surface area contributed by atoms with Crippen LogP contribution in [0.1, 0.15) is 11.1 Å². The highest BCUT2D eigenvalue weighted by atomic mass is 32.1. The maximum Gasteiger partial charge on any atom is 0.161 e. The van der Waals surface area contributed by atoms with E-state index < -0.39 is 19.0 Å². The number of benzene rings is 2. The third-order valence-electron chi connectivity index (χ3n) is 4.50. The highest BCUT2D eigenvalue weighted by Crippen LogP contribution is 2.32. The first-order chi connectivity index (χ1) is 12.9. The molecule has 0 saturated heterocycles. The molecule has 0 aliphatic heterocycles. The smallest absolute Gasteiger partial charge is 0.161 e. The lowest BCUT2D eigenvalue weighted by molar-refractivity contribution is 0.124. The molecule has 142 valence electrons. The molecule has 3 rings (SSSR count). The van der Waals surface area contributed by atoms with Crippen molar-refractivity contribution in [2.75, 3.05) is 6.67 Å². The van der Waals surface area contributed by atoms with Crippen LogP contribution in [-0.2, 0) is 13.2 Å². The number of nitrogens with two attached hydrogens (primary N) is 1. The Morgan fingerprint density at radius 3 is 2.59 bits per heavy atom. The second kappa shape index (κ2) is 8.10. The second-order valence-corrected chi connectivity index (χ2v) is 6.78. The van der Waals surface area contributed by atoms with Crippen molar-refractivity contribution < 1.29 is 18.3 Å². The van der Waals surface area contributed by atoms with Gasteiger partial charge in [-0.1, -0.05) is 42.5 Å². The highest BCUT2D eigenvalue weighted by Gasteiger charge is 2.22. The van der Waals surface area contributed by atoms with Gasteiger partial charge in [-0.2, -0.15) is 0 Å². The molecule has 0 radical (unpaired) electrons. The van der Waals surface area contributed by atoms with Crippen LogP contribution in [0.3, 0.4) is 0 Å². The number of fused-ring (bicyclic) bond motifs is 1. The monoisotopic (exact) mass is 392 g/mol. The van der Waals surface area contributed by atoms with Crippen LogP contribution in [0.5, 0.6) is 0 Å². The molecule has 0 amide bonds. The normalized spacial score (nSPS) is 13.6. The fourth-order valence-electron chi connectivity index (χ4n) is 3.06. The molecule has 27 heavy (non-hydrogen) atoms. The molecule has 1 aromatic heterocycles. The molecular weight excluding hydrogens is 373 g/mol. The summed E-state index contributed by atoms with van der Waals surface area (Å²) < 4.78 is 41.5. The SMILES string of the molecule is NC(=S)c1cccc(-c2cn(CC(F)C(F)CF)c3cc(CO)ccc23)c1. The Labute approximate surface area is 160 Å². The van der Waals surface area contributed by atoms with E-state index >= 15 is 0 Å². The minimum absolute atomic E-state index is 0.178. The molecule has 3 nitrogen and oxygen atoms in total. The molecule has 0 fully saturated rings. The lowest BCUT2D eigenvalue weighted by atomic mass is 10.0. The van der Waals surface area contributed by atoms with Crippen molar-refractivity contribution in [2.45, 2.75) is 25.5 Å². The zero-order valence-electron chi connectivity index (χ0n) is 14.4. The van der Waals surface area contributed by atoms with Crippen LogP contribution in [0.25, 0.3) is 22.0 Å². The molecule has 2 unspecified atom stereocenters. The quantitative estimate of drug-likeness (QED) is 0.596. The number of aliphatic hydroxyl groups excluding tert-OH is 1. The fourth-order valence-corrected chi connectivity index (χ4v) is 3.18. The number of hydrogen-bond donors (Lipinski definition) is 2. The summed E-state index contributed by atoms with van der Waals surface area (Å²) in [4.78, 5) is 0.259. The van der Waals surface area contributed by atoms with E-state index in [1.807, 2.05) is 24.3 Å². The first-order valence-corrected chi connectivity index (χ1v) is 8.82.